The van der Waals surface area contributed by atoms with Gasteiger partial charge in [-0.25, -0.2) is 0 Å². The Balaban J connectivity index is 1.39. The van der Waals surface area contributed by atoms with Crippen molar-refractivity contribution in [3.8, 4) is 5.75 Å². The van der Waals surface area contributed by atoms with Gasteiger partial charge < -0.3 is 19.7 Å². The highest BCUT2D eigenvalue weighted by atomic mass is 16.5. The fraction of sp³-hybridized carbons (Fsp3) is 0.667. The van der Waals surface area contributed by atoms with E-state index in [2.05, 4.69) is 46.0 Å². The Labute approximate surface area is 168 Å². The Morgan fingerprint density at radius 1 is 1.07 bits per heavy atom. The number of ether oxygens (including phenoxy) is 2. The van der Waals surface area contributed by atoms with Crippen molar-refractivity contribution in [2.45, 2.75) is 19.4 Å². The lowest BCUT2D eigenvalue weighted by molar-refractivity contribution is -0.123. The zero-order valence-corrected chi connectivity index (χ0v) is 17.4. The topological polar surface area (TPSA) is 57.3 Å². The van der Waals surface area contributed by atoms with Gasteiger partial charge in [0.15, 0.2) is 0 Å². The van der Waals surface area contributed by atoms with Gasteiger partial charge in [-0.15, -0.1) is 0 Å². The number of carbonyl (C=O) groups is 1. The number of anilines is 1. The Morgan fingerprint density at radius 2 is 1.71 bits per heavy atom. The van der Waals surface area contributed by atoms with E-state index < -0.39 is 0 Å². The molecule has 2 aliphatic heterocycles. The minimum atomic E-state index is -0.0491. The Kier molecular flexibility index (Phi) is 7.15. The number of morpholine rings is 1. The summed E-state index contributed by atoms with van der Waals surface area (Å²) >= 11 is 0. The fourth-order valence-electron chi connectivity index (χ4n) is 3.81. The van der Waals surface area contributed by atoms with Crippen LogP contribution in [0.4, 0.5) is 5.69 Å². The predicted molar refractivity (Wildman–Crippen MR) is 111 cm³/mol. The maximum atomic E-state index is 12.4. The van der Waals surface area contributed by atoms with E-state index in [1.165, 1.54) is 5.69 Å². The van der Waals surface area contributed by atoms with Gasteiger partial charge in [-0.3, -0.25) is 14.6 Å². The molecule has 0 aromatic heterocycles. The molecule has 0 unspecified atom stereocenters. The largest absolute Gasteiger partial charge is 0.497 e. The van der Waals surface area contributed by atoms with Gasteiger partial charge in [0.05, 0.1) is 26.9 Å². The molecule has 0 aliphatic carbocycles. The van der Waals surface area contributed by atoms with Crippen LogP contribution in [-0.2, 0) is 9.53 Å². The van der Waals surface area contributed by atoms with Gasteiger partial charge in [-0.2, -0.15) is 0 Å². The molecule has 2 saturated heterocycles. The van der Waals surface area contributed by atoms with Crippen molar-refractivity contribution in [2.24, 2.45) is 0 Å². The van der Waals surface area contributed by atoms with Crippen molar-refractivity contribution >= 4 is 11.6 Å². The number of rotatable bonds is 7. The number of amides is 1. The number of carbonyl (C=O) groups excluding carboxylic acids is 1. The lowest BCUT2D eigenvalue weighted by Gasteiger charge is -2.41. The van der Waals surface area contributed by atoms with E-state index in [-0.39, 0.29) is 11.4 Å². The Hall–Kier alpha value is -1.83. The van der Waals surface area contributed by atoms with Gasteiger partial charge in [0.2, 0.25) is 5.91 Å². The first-order valence-corrected chi connectivity index (χ1v) is 10.2. The van der Waals surface area contributed by atoms with Crippen LogP contribution in [0.15, 0.2) is 24.3 Å². The zero-order chi connectivity index (χ0) is 20.0. The van der Waals surface area contributed by atoms with Crippen molar-refractivity contribution in [1.82, 2.24) is 15.1 Å². The van der Waals surface area contributed by atoms with Crippen molar-refractivity contribution in [1.29, 1.82) is 0 Å². The molecule has 1 aromatic carbocycles. The van der Waals surface area contributed by atoms with Gasteiger partial charge in [0, 0.05) is 57.0 Å². The zero-order valence-electron chi connectivity index (χ0n) is 17.4. The molecule has 0 radical (unpaired) electrons. The van der Waals surface area contributed by atoms with Crippen molar-refractivity contribution in [3.63, 3.8) is 0 Å². The summed E-state index contributed by atoms with van der Waals surface area (Å²) in [6.07, 6.45) is 0. The molecular weight excluding hydrogens is 356 g/mol. The summed E-state index contributed by atoms with van der Waals surface area (Å²) in [7, 11) is 1.68. The first kappa shape index (κ1) is 20.9. The molecule has 3 rings (SSSR count). The molecule has 1 aromatic rings. The molecule has 28 heavy (non-hydrogen) atoms. The van der Waals surface area contributed by atoms with Crippen LogP contribution in [-0.4, -0.2) is 93.9 Å². The second-order valence-electron chi connectivity index (χ2n) is 8.15. The fourth-order valence-corrected chi connectivity index (χ4v) is 3.81. The monoisotopic (exact) mass is 390 g/mol. The molecule has 2 fully saturated rings. The van der Waals surface area contributed by atoms with Crippen LogP contribution in [0.25, 0.3) is 0 Å². The molecule has 0 atom stereocenters. The van der Waals surface area contributed by atoms with Crippen LogP contribution in [0, 0.1) is 0 Å². The summed E-state index contributed by atoms with van der Waals surface area (Å²) in [5, 5.41) is 3.13. The smallest absolute Gasteiger partial charge is 0.234 e. The third-order valence-electron chi connectivity index (χ3n) is 5.76. The number of piperazine rings is 1. The van der Waals surface area contributed by atoms with Crippen LogP contribution >= 0.6 is 0 Å². The summed E-state index contributed by atoms with van der Waals surface area (Å²) in [6.45, 7) is 12.6. The maximum absolute atomic E-state index is 12.4. The number of nitrogens with one attached hydrogen (secondary N) is 1. The van der Waals surface area contributed by atoms with Crippen LogP contribution in [0.2, 0.25) is 0 Å². The predicted octanol–water partition coefficient (Wildman–Crippen LogP) is 1.04. The average Bonchev–Trinajstić information content (AvgIpc) is 2.74. The van der Waals surface area contributed by atoms with Crippen LogP contribution in [0.5, 0.6) is 5.75 Å². The van der Waals surface area contributed by atoms with E-state index in [4.69, 9.17) is 9.47 Å². The molecule has 1 N–H and O–H groups in total. The summed E-state index contributed by atoms with van der Waals surface area (Å²) in [4.78, 5) is 19.4. The summed E-state index contributed by atoms with van der Waals surface area (Å²) in [6, 6.07) is 8.17. The maximum Gasteiger partial charge on any atom is 0.234 e. The first-order chi connectivity index (χ1) is 13.5. The van der Waals surface area contributed by atoms with Gasteiger partial charge in [-0.05, 0) is 38.1 Å². The lowest BCUT2D eigenvalue weighted by Crippen LogP contribution is -2.56. The molecule has 2 heterocycles. The SMILES string of the molecule is COc1ccc(N2CCN(CC(=O)NCC(C)(C)N3CCOCC3)CC2)cc1. The average molecular weight is 391 g/mol. The number of nitrogens with zero attached hydrogens (tertiary/aromatic N) is 3. The summed E-state index contributed by atoms with van der Waals surface area (Å²) < 4.78 is 10.6. The van der Waals surface area contributed by atoms with E-state index in [0.29, 0.717) is 13.1 Å². The third-order valence-corrected chi connectivity index (χ3v) is 5.76. The Bertz CT molecular complexity index is 621. The normalized spacial score (nSPS) is 19.5. The van der Waals surface area contributed by atoms with E-state index in [9.17, 15) is 4.79 Å². The summed E-state index contributed by atoms with van der Waals surface area (Å²) in [5.41, 5.74) is 1.16. The Morgan fingerprint density at radius 3 is 2.32 bits per heavy atom. The van der Waals surface area contributed by atoms with Gasteiger partial charge >= 0.3 is 0 Å². The molecule has 156 valence electrons. The first-order valence-electron chi connectivity index (χ1n) is 10.2. The van der Waals surface area contributed by atoms with Crippen LogP contribution in [0.1, 0.15) is 13.8 Å². The second-order valence-corrected chi connectivity index (χ2v) is 8.15. The molecule has 7 nitrogen and oxygen atoms in total. The molecule has 1 amide bonds. The van der Waals surface area contributed by atoms with Crippen molar-refractivity contribution in [3.05, 3.63) is 24.3 Å². The highest BCUT2D eigenvalue weighted by molar-refractivity contribution is 5.78. The molecule has 2 aliphatic rings. The number of benzene rings is 1. The van der Waals surface area contributed by atoms with E-state index in [1.54, 1.807) is 7.11 Å². The molecule has 0 saturated carbocycles. The standard InChI is InChI=1S/C21H34N4O3/c1-21(2,25-12-14-28-15-13-25)17-22-20(26)16-23-8-10-24(11-9-23)18-4-6-19(27-3)7-5-18/h4-7H,8-17H2,1-3H3,(H,22,26). The molecular formula is C21H34N4O3. The van der Waals surface area contributed by atoms with Crippen LogP contribution in [0.3, 0.4) is 0 Å². The number of hydrogen-bond donors (Lipinski definition) is 1. The van der Waals surface area contributed by atoms with Crippen molar-refractivity contribution in [2.75, 3.05) is 77.6 Å². The number of hydrogen-bond acceptors (Lipinski definition) is 6. The third kappa shape index (κ3) is 5.59. The van der Waals surface area contributed by atoms with Crippen molar-refractivity contribution < 1.29 is 14.3 Å². The van der Waals surface area contributed by atoms with Crippen LogP contribution < -0.4 is 15.0 Å². The molecule has 0 bridgehead atoms. The van der Waals surface area contributed by atoms with E-state index in [1.807, 2.05) is 12.1 Å². The minimum Gasteiger partial charge on any atom is -0.497 e. The van der Waals surface area contributed by atoms with E-state index in [0.717, 1.165) is 58.2 Å². The quantitative estimate of drug-likeness (QED) is 0.751. The van der Waals surface area contributed by atoms with E-state index >= 15 is 0 Å². The lowest BCUT2D eigenvalue weighted by atomic mass is 10.0. The molecule has 0 spiro atoms. The molecule has 7 heteroatoms. The van der Waals surface area contributed by atoms with Gasteiger partial charge in [0.25, 0.3) is 0 Å². The number of methoxy groups -OCH3 is 1. The van der Waals surface area contributed by atoms with Gasteiger partial charge in [-0.1, -0.05) is 0 Å². The highest BCUT2D eigenvalue weighted by Crippen LogP contribution is 2.20. The minimum absolute atomic E-state index is 0.0491. The highest BCUT2D eigenvalue weighted by Gasteiger charge is 2.29. The van der Waals surface area contributed by atoms with Gasteiger partial charge in [0.1, 0.15) is 5.75 Å². The summed E-state index contributed by atoms with van der Waals surface area (Å²) in [5.74, 6) is 0.985. The second kappa shape index (κ2) is 9.58.